The lowest BCUT2D eigenvalue weighted by Crippen LogP contribution is -2.77. The zero-order chi connectivity index (χ0) is 35.0. The number of rotatable bonds is 8. The first-order valence-electron chi connectivity index (χ1n) is 16.5. The second-order valence-electron chi connectivity index (χ2n) is 12.7. The van der Waals surface area contributed by atoms with E-state index < -0.39 is 65.4 Å². The van der Waals surface area contributed by atoms with Crippen molar-refractivity contribution in [1.29, 1.82) is 0 Å². The van der Waals surface area contributed by atoms with Crippen molar-refractivity contribution in [3.63, 3.8) is 0 Å². The van der Waals surface area contributed by atoms with Gasteiger partial charge in [-0.05, 0) is 25.0 Å². The Morgan fingerprint density at radius 2 is 1.38 bits per heavy atom. The highest BCUT2D eigenvalue weighted by molar-refractivity contribution is 6.40. The third-order valence-corrected chi connectivity index (χ3v) is 10.1. The van der Waals surface area contributed by atoms with Crippen molar-refractivity contribution in [2.75, 3.05) is 19.7 Å². The fourth-order valence-corrected chi connectivity index (χ4v) is 7.41. The Hall–Kier alpha value is -4.50. The number of aliphatic hydroxyl groups is 3. The molecule has 7 atom stereocenters. The van der Waals surface area contributed by atoms with E-state index in [1.807, 2.05) is 5.01 Å². The van der Waals surface area contributed by atoms with E-state index in [2.05, 4.69) is 5.43 Å². The van der Waals surface area contributed by atoms with E-state index in [4.69, 9.17) is 26.3 Å². The van der Waals surface area contributed by atoms with Crippen LogP contribution in [0.2, 0.25) is 0 Å². The summed E-state index contributed by atoms with van der Waals surface area (Å²) in [5, 5.41) is 31.5. The number of ether oxygens (including phenoxy) is 1. The standard InChI is InChI=1S/C36H37ClN6O7/c37-36(30(48)24-15-7-2-8-16-24)39-33(40-41-19-11-4-12-20-41)35(29(47)23-13-5-1-6-14-23)34(43(36)31(49)25-17-9-3-10-18-25)42(22-38-35)32-28(46)27(45)26(21-44)50-32/h1-3,5-10,13-18,22,26-28,32,34,44-46H,4,11-12,19-21H2,(H,39,40)/t26-,27?,28?,32-,34?,35?,36?/m1/s1. The molecule has 2 saturated heterocycles. The summed E-state index contributed by atoms with van der Waals surface area (Å²) in [6.07, 6.45) is -3.39. The van der Waals surface area contributed by atoms with Crippen LogP contribution in [0.15, 0.2) is 101 Å². The number of nitrogens with zero attached hydrogens (tertiary/aromatic N) is 5. The number of aliphatic imine (C=N–C) groups is 2. The number of hydrazine groups is 1. The number of halogens is 1. The van der Waals surface area contributed by atoms with E-state index >= 15 is 4.79 Å². The second-order valence-corrected chi connectivity index (χ2v) is 13.2. The Bertz CT molecular complexity index is 1790. The topological polar surface area (TPSA) is 168 Å². The third kappa shape index (κ3) is 5.60. The Morgan fingerprint density at radius 1 is 0.820 bits per heavy atom. The van der Waals surface area contributed by atoms with Crippen molar-refractivity contribution < 1.29 is 34.4 Å². The van der Waals surface area contributed by atoms with Crippen molar-refractivity contribution in [2.45, 2.75) is 60.6 Å². The first-order valence-corrected chi connectivity index (χ1v) is 16.9. The van der Waals surface area contributed by atoms with E-state index in [0.29, 0.717) is 13.1 Å². The molecule has 0 aromatic heterocycles. The molecule has 4 N–H and O–H groups in total. The Kier molecular flexibility index (Phi) is 9.28. The van der Waals surface area contributed by atoms with Crippen molar-refractivity contribution in [3.8, 4) is 0 Å². The average Bonchev–Trinajstić information content (AvgIpc) is 3.69. The van der Waals surface area contributed by atoms with Crippen molar-refractivity contribution in [3.05, 3.63) is 108 Å². The summed E-state index contributed by atoms with van der Waals surface area (Å²) in [7, 11) is 0. The number of hydrogen-bond acceptors (Lipinski definition) is 12. The predicted octanol–water partition coefficient (Wildman–Crippen LogP) is 2.04. The van der Waals surface area contributed by atoms with Crippen LogP contribution in [-0.4, -0.2) is 121 Å². The molecule has 50 heavy (non-hydrogen) atoms. The number of amides is 1. The monoisotopic (exact) mass is 700 g/mol. The molecule has 3 aromatic rings. The lowest BCUT2D eigenvalue weighted by molar-refractivity contribution is -0.105. The van der Waals surface area contributed by atoms with Gasteiger partial charge in [-0.2, -0.15) is 0 Å². The molecule has 0 spiro atoms. The Balaban J connectivity index is 1.50. The molecule has 5 unspecified atom stereocenters. The van der Waals surface area contributed by atoms with Gasteiger partial charge in [0.2, 0.25) is 17.1 Å². The number of alkyl halides is 1. The number of Topliss-reactive ketones (excluding diaryl/α,β-unsaturated/α-hetero) is 2. The summed E-state index contributed by atoms with van der Waals surface area (Å²) < 4.78 is 5.97. The SMILES string of the molecule is O=C(c1ccccc1)N1C2N([C@@H]3O[C@H](CO)C(O)C3O)C=NC2(C(=O)c2ccccc2)C(NN2CCCCC2)=NC1(Cl)C(=O)c1ccccc1. The number of fused-ring (bicyclic) bond motifs is 1. The molecule has 0 saturated carbocycles. The number of ketones is 2. The van der Waals surface area contributed by atoms with Crippen LogP contribution < -0.4 is 5.43 Å². The van der Waals surface area contributed by atoms with Gasteiger partial charge in [0.05, 0.1) is 12.9 Å². The van der Waals surface area contributed by atoms with Crippen LogP contribution in [0.3, 0.4) is 0 Å². The summed E-state index contributed by atoms with van der Waals surface area (Å²) >= 11 is 7.48. The molecule has 260 valence electrons. The van der Waals surface area contributed by atoms with Crippen molar-refractivity contribution in [2.24, 2.45) is 9.98 Å². The van der Waals surface area contributed by atoms with Gasteiger partial charge in [0.15, 0.2) is 18.2 Å². The molecular weight excluding hydrogens is 664 g/mol. The summed E-state index contributed by atoms with van der Waals surface area (Å²) in [5.74, 6) is -2.17. The van der Waals surface area contributed by atoms with Crippen LogP contribution in [0.5, 0.6) is 0 Å². The highest BCUT2D eigenvalue weighted by Crippen LogP contribution is 2.47. The normalized spacial score (nSPS) is 30.9. The van der Waals surface area contributed by atoms with Crippen LogP contribution in [0.25, 0.3) is 0 Å². The number of piperidine rings is 1. The lowest BCUT2D eigenvalue weighted by Gasteiger charge is -2.52. The van der Waals surface area contributed by atoms with Gasteiger partial charge < -0.3 is 30.4 Å². The van der Waals surface area contributed by atoms with Gasteiger partial charge in [-0.1, -0.05) is 96.9 Å². The molecule has 1 amide bonds. The number of benzene rings is 3. The Labute approximate surface area is 293 Å². The minimum atomic E-state index is -2.50. The minimum absolute atomic E-state index is 0.0832. The number of carbonyl (C=O) groups excluding carboxylic acids is 3. The van der Waals surface area contributed by atoms with Crippen LogP contribution >= 0.6 is 11.6 Å². The average molecular weight is 701 g/mol. The molecule has 4 aliphatic heterocycles. The highest BCUT2D eigenvalue weighted by atomic mass is 35.5. The molecule has 0 bridgehead atoms. The largest absolute Gasteiger partial charge is 0.394 e. The van der Waals surface area contributed by atoms with Gasteiger partial charge in [0.1, 0.15) is 18.3 Å². The second kappa shape index (κ2) is 13.7. The quantitative estimate of drug-likeness (QED) is 0.155. The molecule has 13 nitrogen and oxygen atoms in total. The van der Waals surface area contributed by atoms with Gasteiger partial charge >= 0.3 is 0 Å². The third-order valence-electron chi connectivity index (χ3n) is 9.61. The summed E-state index contributed by atoms with van der Waals surface area (Å²) in [6.45, 7) is 0.562. The molecule has 4 heterocycles. The fourth-order valence-electron chi connectivity index (χ4n) is 7.04. The van der Waals surface area contributed by atoms with Crippen LogP contribution in [0, 0.1) is 0 Å². The molecular formula is C36H37ClN6O7. The molecule has 0 aliphatic carbocycles. The van der Waals surface area contributed by atoms with Crippen molar-refractivity contribution >= 4 is 41.2 Å². The number of aliphatic hydroxyl groups excluding tert-OH is 3. The van der Waals surface area contributed by atoms with Gasteiger partial charge in [-0.15, -0.1) is 0 Å². The van der Waals surface area contributed by atoms with E-state index in [1.165, 1.54) is 11.2 Å². The fraction of sp³-hybridized carbons (Fsp3) is 0.361. The predicted molar refractivity (Wildman–Crippen MR) is 183 cm³/mol. The maximum atomic E-state index is 15.1. The molecule has 4 aliphatic rings. The molecule has 2 fully saturated rings. The number of amidine groups is 1. The summed E-state index contributed by atoms with van der Waals surface area (Å²) in [6, 6.07) is 24.6. The first-order chi connectivity index (χ1) is 24.2. The zero-order valence-corrected chi connectivity index (χ0v) is 27.7. The van der Waals surface area contributed by atoms with E-state index in [-0.39, 0.29) is 22.5 Å². The maximum Gasteiger partial charge on any atom is 0.279 e. The Morgan fingerprint density at radius 3 is 1.94 bits per heavy atom. The number of hydrogen-bond donors (Lipinski definition) is 4. The smallest absolute Gasteiger partial charge is 0.279 e. The van der Waals surface area contributed by atoms with Crippen LogP contribution in [0.4, 0.5) is 0 Å². The van der Waals surface area contributed by atoms with Crippen molar-refractivity contribution in [1.82, 2.24) is 20.2 Å². The van der Waals surface area contributed by atoms with Crippen LogP contribution in [-0.2, 0) is 4.74 Å². The van der Waals surface area contributed by atoms with Gasteiger partial charge in [-0.25, -0.2) is 15.0 Å². The maximum absolute atomic E-state index is 15.1. The van der Waals surface area contributed by atoms with E-state index in [1.54, 1.807) is 91.0 Å². The molecule has 7 rings (SSSR count). The lowest BCUT2D eigenvalue weighted by atomic mass is 9.82. The number of carbonyl (C=O) groups is 3. The summed E-state index contributed by atoms with van der Waals surface area (Å²) in [5.41, 5.74) is 1.72. The number of nitrogens with one attached hydrogen (secondary N) is 1. The van der Waals surface area contributed by atoms with E-state index in [9.17, 15) is 24.9 Å². The molecule has 0 radical (unpaired) electrons. The van der Waals surface area contributed by atoms with Gasteiger partial charge in [0.25, 0.3) is 11.0 Å². The molecule has 3 aromatic carbocycles. The highest BCUT2D eigenvalue weighted by Gasteiger charge is 2.69. The molecule has 14 heteroatoms. The van der Waals surface area contributed by atoms with Gasteiger partial charge in [-0.3, -0.25) is 19.3 Å². The van der Waals surface area contributed by atoms with Gasteiger partial charge in [0, 0.05) is 29.8 Å². The van der Waals surface area contributed by atoms with Crippen LogP contribution in [0.1, 0.15) is 50.3 Å². The first kappa shape index (κ1) is 34.0. The van der Waals surface area contributed by atoms with E-state index in [0.717, 1.165) is 24.2 Å². The zero-order valence-electron chi connectivity index (χ0n) is 27.0. The minimum Gasteiger partial charge on any atom is -0.394 e. The summed E-state index contributed by atoms with van der Waals surface area (Å²) in [4.78, 5) is 56.7.